The quantitative estimate of drug-likeness (QED) is 0.715. The normalized spacial score (nSPS) is 10.9. The highest BCUT2D eigenvalue weighted by Crippen LogP contribution is 2.22. The van der Waals surface area contributed by atoms with Crippen molar-refractivity contribution in [2.45, 2.75) is 26.4 Å². The molecule has 0 N–H and O–H groups in total. The second-order valence-corrected chi connectivity index (χ2v) is 3.87. The van der Waals surface area contributed by atoms with E-state index in [-0.39, 0.29) is 5.97 Å². The molecule has 0 amide bonds. The Morgan fingerprint density at radius 1 is 1.27 bits per heavy atom. The number of carbonyl (C=O) groups excluding carboxylic acids is 1. The Balaban J connectivity index is 2.86. The maximum atomic E-state index is 11.4. The Kier molecular flexibility index (Phi) is 3.35. The maximum Gasteiger partial charge on any atom is 0.349 e. The average molecular weight is 208 g/mol. The largest absolute Gasteiger partial charge is 0.476 e. The number of aryl methyl sites for hydroxylation is 1. The lowest BCUT2D eigenvalue weighted by Crippen LogP contribution is -2.39. The molecule has 0 radical (unpaired) electrons. The first-order valence-corrected chi connectivity index (χ1v) is 4.80. The van der Waals surface area contributed by atoms with Gasteiger partial charge in [0.1, 0.15) is 5.75 Å². The Morgan fingerprint density at radius 3 is 2.40 bits per heavy atom. The molecule has 3 nitrogen and oxygen atoms in total. The number of para-hydroxylation sites is 1. The third kappa shape index (κ3) is 2.72. The van der Waals surface area contributed by atoms with Crippen LogP contribution in [-0.2, 0) is 9.53 Å². The fourth-order valence-corrected chi connectivity index (χ4v) is 1.23. The van der Waals surface area contributed by atoms with Crippen molar-refractivity contribution in [3.63, 3.8) is 0 Å². The number of carbonyl (C=O) groups is 1. The van der Waals surface area contributed by atoms with E-state index in [2.05, 4.69) is 4.74 Å². The smallest absolute Gasteiger partial charge is 0.349 e. The highest BCUT2D eigenvalue weighted by Gasteiger charge is 2.31. The zero-order valence-corrected chi connectivity index (χ0v) is 9.53. The van der Waals surface area contributed by atoms with E-state index in [1.54, 1.807) is 13.8 Å². The molecule has 0 unspecified atom stereocenters. The molecule has 0 aliphatic heterocycles. The van der Waals surface area contributed by atoms with Crippen molar-refractivity contribution < 1.29 is 14.3 Å². The van der Waals surface area contributed by atoms with Crippen LogP contribution in [0.1, 0.15) is 19.4 Å². The van der Waals surface area contributed by atoms with E-state index in [0.717, 1.165) is 5.56 Å². The van der Waals surface area contributed by atoms with E-state index in [0.29, 0.717) is 5.75 Å². The van der Waals surface area contributed by atoms with Gasteiger partial charge in [-0.3, -0.25) is 0 Å². The molecule has 0 aliphatic rings. The molecular formula is C12H16O3. The molecule has 0 bridgehead atoms. The first kappa shape index (κ1) is 11.6. The summed E-state index contributed by atoms with van der Waals surface area (Å²) in [6.07, 6.45) is 0. The summed E-state index contributed by atoms with van der Waals surface area (Å²) in [7, 11) is 1.35. The van der Waals surface area contributed by atoms with E-state index in [1.165, 1.54) is 7.11 Å². The zero-order chi connectivity index (χ0) is 11.5. The second kappa shape index (κ2) is 4.34. The Morgan fingerprint density at radius 2 is 1.87 bits per heavy atom. The third-order valence-corrected chi connectivity index (χ3v) is 2.14. The summed E-state index contributed by atoms with van der Waals surface area (Å²) in [4.78, 5) is 11.4. The first-order valence-electron chi connectivity index (χ1n) is 4.80. The molecule has 1 aromatic carbocycles. The number of benzene rings is 1. The lowest BCUT2D eigenvalue weighted by molar-refractivity contribution is -0.156. The van der Waals surface area contributed by atoms with Gasteiger partial charge in [0.05, 0.1) is 7.11 Å². The summed E-state index contributed by atoms with van der Waals surface area (Å²) in [5, 5.41) is 0. The molecule has 82 valence electrons. The van der Waals surface area contributed by atoms with Gasteiger partial charge in [0.15, 0.2) is 5.60 Å². The fourth-order valence-electron chi connectivity index (χ4n) is 1.23. The van der Waals surface area contributed by atoms with Crippen LogP contribution in [0.15, 0.2) is 24.3 Å². The van der Waals surface area contributed by atoms with Crippen LogP contribution in [0.2, 0.25) is 0 Å². The lowest BCUT2D eigenvalue weighted by Gasteiger charge is -2.24. The molecule has 1 aromatic rings. The highest BCUT2D eigenvalue weighted by molar-refractivity contribution is 5.78. The van der Waals surface area contributed by atoms with Crippen molar-refractivity contribution in [3.8, 4) is 5.75 Å². The minimum absolute atomic E-state index is 0.384. The molecule has 0 heterocycles. The van der Waals surface area contributed by atoms with Gasteiger partial charge >= 0.3 is 5.97 Å². The van der Waals surface area contributed by atoms with Crippen molar-refractivity contribution >= 4 is 5.97 Å². The summed E-state index contributed by atoms with van der Waals surface area (Å²) >= 11 is 0. The number of rotatable bonds is 3. The van der Waals surface area contributed by atoms with Crippen LogP contribution in [0.5, 0.6) is 5.75 Å². The van der Waals surface area contributed by atoms with Crippen LogP contribution < -0.4 is 4.74 Å². The third-order valence-electron chi connectivity index (χ3n) is 2.14. The summed E-state index contributed by atoms with van der Waals surface area (Å²) in [6, 6.07) is 7.56. The van der Waals surface area contributed by atoms with Gasteiger partial charge in [0, 0.05) is 0 Å². The van der Waals surface area contributed by atoms with Crippen LogP contribution >= 0.6 is 0 Å². The minimum atomic E-state index is -0.957. The van der Waals surface area contributed by atoms with Crippen LogP contribution in [-0.4, -0.2) is 18.7 Å². The number of hydrogen-bond donors (Lipinski definition) is 0. The average Bonchev–Trinajstić information content (AvgIpc) is 2.20. The molecular weight excluding hydrogens is 192 g/mol. The molecule has 0 aromatic heterocycles. The molecule has 0 saturated carbocycles. The van der Waals surface area contributed by atoms with Crippen LogP contribution in [0.25, 0.3) is 0 Å². The molecule has 1 rings (SSSR count). The SMILES string of the molecule is COC(=O)C(C)(C)Oc1ccccc1C. The van der Waals surface area contributed by atoms with Crippen molar-refractivity contribution in [2.24, 2.45) is 0 Å². The van der Waals surface area contributed by atoms with E-state index in [1.807, 2.05) is 31.2 Å². The van der Waals surface area contributed by atoms with Gasteiger partial charge in [-0.25, -0.2) is 4.79 Å². The standard InChI is InChI=1S/C12H16O3/c1-9-7-5-6-8-10(9)15-12(2,3)11(13)14-4/h5-8H,1-4H3. The van der Waals surface area contributed by atoms with E-state index in [9.17, 15) is 4.79 Å². The first-order chi connectivity index (χ1) is 6.97. The van der Waals surface area contributed by atoms with Gasteiger partial charge < -0.3 is 9.47 Å². The van der Waals surface area contributed by atoms with Crippen molar-refractivity contribution in [1.29, 1.82) is 0 Å². The molecule has 0 fully saturated rings. The monoisotopic (exact) mass is 208 g/mol. The molecule has 3 heteroatoms. The number of esters is 1. The van der Waals surface area contributed by atoms with Crippen molar-refractivity contribution in [1.82, 2.24) is 0 Å². The van der Waals surface area contributed by atoms with Gasteiger partial charge in [-0.15, -0.1) is 0 Å². The van der Waals surface area contributed by atoms with E-state index >= 15 is 0 Å². The molecule has 0 aliphatic carbocycles. The Bertz CT molecular complexity index is 356. The Hall–Kier alpha value is -1.51. The molecule has 0 saturated heterocycles. The van der Waals surface area contributed by atoms with E-state index in [4.69, 9.17) is 4.74 Å². The minimum Gasteiger partial charge on any atom is -0.476 e. The van der Waals surface area contributed by atoms with Gasteiger partial charge in [-0.1, -0.05) is 18.2 Å². The number of methoxy groups -OCH3 is 1. The van der Waals surface area contributed by atoms with Crippen molar-refractivity contribution in [2.75, 3.05) is 7.11 Å². The van der Waals surface area contributed by atoms with Gasteiger partial charge in [-0.05, 0) is 32.4 Å². The maximum absolute atomic E-state index is 11.4. The van der Waals surface area contributed by atoms with E-state index < -0.39 is 5.60 Å². The summed E-state index contributed by atoms with van der Waals surface area (Å²) in [6.45, 7) is 5.30. The topological polar surface area (TPSA) is 35.5 Å². The predicted molar refractivity (Wildman–Crippen MR) is 57.9 cm³/mol. The van der Waals surface area contributed by atoms with Gasteiger partial charge in [0.2, 0.25) is 0 Å². The summed E-state index contributed by atoms with van der Waals surface area (Å²) < 4.78 is 10.3. The Labute approximate surface area is 90.0 Å². The molecule has 15 heavy (non-hydrogen) atoms. The fraction of sp³-hybridized carbons (Fsp3) is 0.417. The van der Waals surface area contributed by atoms with Gasteiger partial charge in [0.25, 0.3) is 0 Å². The van der Waals surface area contributed by atoms with Crippen molar-refractivity contribution in [3.05, 3.63) is 29.8 Å². The predicted octanol–water partition coefficient (Wildman–Crippen LogP) is 2.33. The van der Waals surface area contributed by atoms with Crippen LogP contribution in [0.4, 0.5) is 0 Å². The zero-order valence-electron chi connectivity index (χ0n) is 9.53. The van der Waals surface area contributed by atoms with Crippen LogP contribution in [0, 0.1) is 6.92 Å². The van der Waals surface area contributed by atoms with Crippen LogP contribution in [0.3, 0.4) is 0 Å². The second-order valence-electron chi connectivity index (χ2n) is 3.87. The highest BCUT2D eigenvalue weighted by atomic mass is 16.6. The number of hydrogen-bond acceptors (Lipinski definition) is 3. The van der Waals surface area contributed by atoms with Gasteiger partial charge in [-0.2, -0.15) is 0 Å². The number of ether oxygens (including phenoxy) is 2. The molecule has 0 atom stereocenters. The summed E-state index contributed by atoms with van der Waals surface area (Å²) in [5.41, 5.74) is 0.0374. The summed E-state index contributed by atoms with van der Waals surface area (Å²) in [5.74, 6) is 0.318. The molecule has 0 spiro atoms. The lowest BCUT2D eigenvalue weighted by atomic mass is 10.1.